The summed E-state index contributed by atoms with van der Waals surface area (Å²) in [5.74, 6) is 3.82. The van der Waals surface area contributed by atoms with E-state index in [1.165, 1.54) is 0 Å². The normalized spacial score (nSPS) is 13.2. The van der Waals surface area contributed by atoms with Gasteiger partial charge in [-0.15, -0.1) is 12.3 Å². The molecule has 2 atom stereocenters. The summed E-state index contributed by atoms with van der Waals surface area (Å²) in [7, 11) is 0. The van der Waals surface area contributed by atoms with E-state index in [0.29, 0.717) is 11.8 Å². The van der Waals surface area contributed by atoms with E-state index in [-0.39, 0.29) is 0 Å². The highest BCUT2D eigenvalue weighted by molar-refractivity contribution is 4.85. The third kappa shape index (κ3) is 5.43. The molecular weight excluding hydrogens is 108 g/mol. The average Bonchev–Trinajstić information content (AvgIpc) is 1.63. The highest BCUT2D eigenvalue weighted by atomic mass is 14.1. The highest BCUT2D eigenvalue weighted by Gasteiger charge is 2.01. The molecule has 0 N–H and O–H groups in total. The van der Waals surface area contributed by atoms with Gasteiger partial charge in [0.2, 0.25) is 0 Å². The van der Waals surface area contributed by atoms with Crippen molar-refractivity contribution in [2.75, 3.05) is 0 Å². The molecule has 0 fully saturated rings. The fraction of sp³-hybridized carbons (Fsp3) is 0.667. The molecule has 0 nitrogen and oxygen atoms in total. The largest absolute Gasteiger partial charge is 0.120 e. The summed E-state index contributed by atoms with van der Waals surface area (Å²) in [6, 6.07) is 0. The van der Waals surface area contributed by atoms with Gasteiger partial charge in [0, 0.05) is 6.42 Å². The van der Waals surface area contributed by atoms with Gasteiger partial charge in [-0.2, -0.15) is 0 Å². The molecule has 0 aromatic heterocycles. The van der Waals surface area contributed by atoms with Crippen molar-refractivity contribution in [2.45, 2.75) is 26.7 Å². The van der Waals surface area contributed by atoms with E-state index < -0.39 is 0 Å². The second-order valence-electron chi connectivity index (χ2n) is 2.85. The molecule has 0 aliphatic heterocycles. The monoisotopic (exact) mass is 123 g/mol. The Kier molecular flexibility index (Phi) is 4.22. The molecule has 0 rings (SSSR count). The van der Waals surface area contributed by atoms with Crippen LogP contribution in [0.25, 0.3) is 0 Å². The summed E-state index contributed by atoms with van der Waals surface area (Å²) in [6.07, 6.45) is 7.17. The van der Waals surface area contributed by atoms with Gasteiger partial charge in [0.25, 0.3) is 0 Å². The molecule has 0 heterocycles. The Bertz CT molecular complexity index is 95.1. The van der Waals surface area contributed by atoms with Gasteiger partial charge in [0.05, 0.1) is 0 Å². The van der Waals surface area contributed by atoms with Crippen LogP contribution in [0.5, 0.6) is 0 Å². The zero-order valence-electron chi connectivity index (χ0n) is 6.35. The molecule has 0 aliphatic carbocycles. The Morgan fingerprint density at radius 3 is 2.44 bits per heavy atom. The zero-order valence-corrected chi connectivity index (χ0v) is 6.35. The molecule has 0 amide bonds. The lowest BCUT2D eigenvalue weighted by Gasteiger charge is -2.09. The summed E-state index contributed by atoms with van der Waals surface area (Å²) in [4.78, 5) is 0. The van der Waals surface area contributed by atoms with E-state index in [1.54, 1.807) is 0 Å². The van der Waals surface area contributed by atoms with Crippen molar-refractivity contribution >= 4 is 0 Å². The highest BCUT2D eigenvalue weighted by Crippen LogP contribution is 2.12. The Labute approximate surface area is 58.7 Å². The number of terminal acetylenes is 1. The van der Waals surface area contributed by atoms with E-state index in [1.807, 2.05) is 0 Å². The van der Waals surface area contributed by atoms with Crippen LogP contribution in [0.15, 0.2) is 0 Å². The van der Waals surface area contributed by atoms with E-state index >= 15 is 0 Å². The van der Waals surface area contributed by atoms with Crippen LogP contribution in [0.1, 0.15) is 26.7 Å². The van der Waals surface area contributed by atoms with Crippen LogP contribution in [0, 0.1) is 31.1 Å². The minimum absolute atomic E-state index is 0.536. The van der Waals surface area contributed by atoms with Crippen LogP contribution in [-0.2, 0) is 0 Å². The standard InChI is InChI=1S/C9H15/c1-5-6-9(4)7-8(2)3/h1,8-9H,2,6-7H2,3-4H3. The van der Waals surface area contributed by atoms with Crippen molar-refractivity contribution in [3.8, 4) is 12.3 Å². The van der Waals surface area contributed by atoms with Crippen molar-refractivity contribution in [3.05, 3.63) is 6.92 Å². The van der Waals surface area contributed by atoms with Crippen LogP contribution < -0.4 is 0 Å². The van der Waals surface area contributed by atoms with E-state index in [4.69, 9.17) is 6.42 Å². The van der Waals surface area contributed by atoms with Gasteiger partial charge >= 0.3 is 0 Å². The summed E-state index contributed by atoms with van der Waals surface area (Å²) in [5.41, 5.74) is 0. The first-order valence-corrected chi connectivity index (χ1v) is 3.43. The van der Waals surface area contributed by atoms with Crippen molar-refractivity contribution < 1.29 is 0 Å². The second kappa shape index (κ2) is 4.44. The predicted molar refractivity (Wildman–Crippen MR) is 41.8 cm³/mol. The molecule has 0 aromatic carbocycles. The first kappa shape index (κ1) is 8.56. The van der Waals surface area contributed by atoms with Gasteiger partial charge in [-0.3, -0.25) is 0 Å². The summed E-state index contributed by atoms with van der Waals surface area (Å²) in [6.45, 7) is 8.18. The minimum atomic E-state index is 0.536. The molecule has 0 saturated heterocycles. The Morgan fingerprint density at radius 1 is 1.56 bits per heavy atom. The fourth-order valence-electron chi connectivity index (χ4n) is 0.971. The van der Waals surface area contributed by atoms with Crippen LogP contribution in [-0.4, -0.2) is 0 Å². The summed E-state index contributed by atoms with van der Waals surface area (Å²) in [5, 5.41) is 0. The smallest absolute Gasteiger partial charge is 0.0112 e. The molecule has 1 radical (unpaired) electrons. The Hall–Kier alpha value is -0.440. The lowest BCUT2D eigenvalue weighted by Crippen LogP contribution is -1.98. The van der Waals surface area contributed by atoms with E-state index in [2.05, 4.69) is 26.7 Å². The van der Waals surface area contributed by atoms with Gasteiger partial charge < -0.3 is 0 Å². The van der Waals surface area contributed by atoms with Gasteiger partial charge in [0.1, 0.15) is 0 Å². The quantitative estimate of drug-likeness (QED) is 0.506. The first-order valence-electron chi connectivity index (χ1n) is 3.43. The van der Waals surface area contributed by atoms with Crippen molar-refractivity contribution in [3.63, 3.8) is 0 Å². The number of hydrogen-bond acceptors (Lipinski definition) is 0. The lowest BCUT2D eigenvalue weighted by atomic mass is 9.97. The molecule has 0 heteroatoms. The van der Waals surface area contributed by atoms with Gasteiger partial charge in [-0.25, -0.2) is 0 Å². The van der Waals surface area contributed by atoms with Gasteiger partial charge in [0.15, 0.2) is 0 Å². The minimum Gasteiger partial charge on any atom is -0.120 e. The number of rotatable bonds is 3. The average molecular weight is 123 g/mol. The molecule has 0 aliphatic rings. The van der Waals surface area contributed by atoms with E-state index in [0.717, 1.165) is 12.8 Å². The Morgan fingerprint density at radius 2 is 2.11 bits per heavy atom. The van der Waals surface area contributed by atoms with Gasteiger partial charge in [-0.1, -0.05) is 20.8 Å². The molecule has 0 saturated carbocycles. The maximum absolute atomic E-state index is 5.13. The fourth-order valence-corrected chi connectivity index (χ4v) is 0.971. The molecule has 9 heavy (non-hydrogen) atoms. The van der Waals surface area contributed by atoms with Crippen LogP contribution in [0.2, 0.25) is 0 Å². The third-order valence-corrected chi connectivity index (χ3v) is 1.27. The number of hydrogen-bond donors (Lipinski definition) is 0. The van der Waals surface area contributed by atoms with Gasteiger partial charge in [-0.05, 0) is 18.3 Å². The summed E-state index contributed by atoms with van der Waals surface area (Å²) < 4.78 is 0. The molecule has 2 unspecified atom stereocenters. The maximum atomic E-state index is 5.13. The second-order valence-corrected chi connectivity index (χ2v) is 2.85. The molecule has 51 valence electrons. The van der Waals surface area contributed by atoms with Crippen molar-refractivity contribution in [1.29, 1.82) is 0 Å². The van der Waals surface area contributed by atoms with Crippen LogP contribution in [0.3, 0.4) is 0 Å². The maximum Gasteiger partial charge on any atom is 0.0112 e. The molecule has 0 spiro atoms. The van der Waals surface area contributed by atoms with E-state index in [9.17, 15) is 0 Å². The van der Waals surface area contributed by atoms with Crippen LogP contribution in [0.4, 0.5) is 0 Å². The molecule has 0 aromatic rings. The summed E-state index contributed by atoms with van der Waals surface area (Å²) >= 11 is 0. The van der Waals surface area contributed by atoms with Crippen LogP contribution >= 0.6 is 0 Å². The predicted octanol–water partition coefficient (Wildman–Crippen LogP) is 2.51. The zero-order chi connectivity index (χ0) is 7.28. The topological polar surface area (TPSA) is 0 Å². The lowest BCUT2D eigenvalue weighted by molar-refractivity contribution is 0.474. The SMILES string of the molecule is C#CCC(C)CC([CH2])C. The van der Waals surface area contributed by atoms with Crippen molar-refractivity contribution in [1.82, 2.24) is 0 Å². The molecule has 0 bridgehead atoms. The Balaban J connectivity index is 3.29. The van der Waals surface area contributed by atoms with Crippen molar-refractivity contribution in [2.24, 2.45) is 11.8 Å². The third-order valence-electron chi connectivity index (χ3n) is 1.27. The first-order chi connectivity index (χ1) is 4.16. The molecular formula is C9H15.